The molecule has 0 radical (unpaired) electrons. The van der Waals surface area contributed by atoms with Gasteiger partial charge in [-0.2, -0.15) is 0 Å². The summed E-state index contributed by atoms with van der Waals surface area (Å²) >= 11 is 0. The van der Waals surface area contributed by atoms with Crippen molar-refractivity contribution >= 4 is 31.0 Å². The van der Waals surface area contributed by atoms with Gasteiger partial charge in [-0.1, -0.05) is 19.3 Å². The van der Waals surface area contributed by atoms with Crippen LogP contribution in [0.5, 0.6) is 0 Å². The Labute approximate surface area is 271 Å². The third kappa shape index (κ3) is 8.00. The maximum atomic E-state index is 15.4. The first-order valence-corrected chi connectivity index (χ1v) is 19.7. The maximum Gasteiger partial charge on any atom is 0.307 e. The van der Waals surface area contributed by atoms with Crippen molar-refractivity contribution in [3.63, 3.8) is 0 Å². The fraction of sp³-hybridized carbons (Fsp3) is 0.882. The van der Waals surface area contributed by atoms with Crippen molar-refractivity contribution in [3.8, 4) is 0 Å². The predicted octanol–water partition coefficient (Wildman–Crippen LogP) is 6.25. The van der Waals surface area contributed by atoms with Gasteiger partial charge < -0.3 is 34.5 Å². The fourth-order valence-corrected chi connectivity index (χ4v) is 14.9. The number of aliphatic carboxylic acids is 4. The number of hydrogen-bond acceptors (Lipinski definition) is 7. The molecule has 5 saturated carbocycles. The SMILES string of the molecule is O=C(O)C1CCC(OC2CCC(P(=O)(C3CCCCC3)C3CCC(OC4CCC(C(=O)O)C(C(=O)O)C4)CC3)CC2)CC1C(=O)O. The minimum absolute atomic E-state index is 0.0214. The number of hydrogen-bond donors (Lipinski definition) is 4. The van der Waals surface area contributed by atoms with Gasteiger partial charge in [-0.25, -0.2) is 0 Å². The summed E-state index contributed by atoms with van der Waals surface area (Å²) in [6.45, 7) is 0. The lowest BCUT2D eigenvalue weighted by molar-refractivity contribution is -0.160. The molecule has 5 rings (SSSR count). The Balaban J connectivity index is 1.16. The Morgan fingerprint density at radius 2 is 0.739 bits per heavy atom. The minimum Gasteiger partial charge on any atom is -0.481 e. The van der Waals surface area contributed by atoms with Crippen molar-refractivity contribution < 1.29 is 53.6 Å². The van der Waals surface area contributed by atoms with E-state index in [1.54, 1.807) is 0 Å². The van der Waals surface area contributed by atoms with Gasteiger partial charge in [0.05, 0.1) is 55.2 Å². The molecule has 5 fully saturated rings. The van der Waals surface area contributed by atoms with Crippen LogP contribution in [0.25, 0.3) is 0 Å². The van der Waals surface area contributed by atoms with Crippen LogP contribution in [0.2, 0.25) is 0 Å². The molecule has 5 aliphatic rings. The first-order chi connectivity index (χ1) is 22.0. The van der Waals surface area contributed by atoms with Gasteiger partial charge in [0.2, 0.25) is 0 Å². The summed E-state index contributed by atoms with van der Waals surface area (Å²) in [4.78, 5) is 46.6. The average molecular weight is 669 g/mol. The summed E-state index contributed by atoms with van der Waals surface area (Å²) in [5.41, 5.74) is 0.585. The van der Waals surface area contributed by atoms with Gasteiger partial charge in [0, 0.05) is 17.0 Å². The molecule has 0 aliphatic heterocycles. The molecule has 0 aromatic carbocycles. The van der Waals surface area contributed by atoms with Crippen LogP contribution in [0, 0.1) is 23.7 Å². The molecule has 6 atom stereocenters. The van der Waals surface area contributed by atoms with Gasteiger partial charge in [-0.3, -0.25) is 19.2 Å². The number of carbonyl (C=O) groups is 4. The summed E-state index contributed by atoms with van der Waals surface area (Å²) in [6, 6.07) is 0. The third-order valence-electron chi connectivity index (χ3n) is 12.2. The summed E-state index contributed by atoms with van der Waals surface area (Å²) in [5.74, 6) is -7.87. The van der Waals surface area contributed by atoms with Crippen molar-refractivity contribution in [1.29, 1.82) is 0 Å². The highest BCUT2D eigenvalue weighted by molar-refractivity contribution is 7.66. The summed E-state index contributed by atoms with van der Waals surface area (Å²) in [6.07, 6.45) is 13.6. The second-order valence-corrected chi connectivity index (χ2v) is 18.6. The van der Waals surface area contributed by atoms with E-state index in [1.807, 2.05) is 0 Å². The van der Waals surface area contributed by atoms with E-state index in [1.165, 1.54) is 6.42 Å². The van der Waals surface area contributed by atoms with E-state index in [2.05, 4.69) is 0 Å². The van der Waals surface area contributed by atoms with Crippen molar-refractivity contribution in [2.75, 3.05) is 0 Å². The molecule has 0 spiro atoms. The molecular formula is C34H53O11P. The van der Waals surface area contributed by atoms with Crippen LogP contribution in [0.4, 0.5) is 0 Å². The van der Waals surface area contributed by atoms with Gasteiger partial charge in [0.1, 0.15) is 0 Å². The van der Waals surface area contributed by atoms with Crippen molar-refractivity contribution in [2.45, 2.75) is 163 Å². The summed E-state index contributed by atoms with van der Waals surface area (Å²) < 4.78 is 28.2. The van der Waals surface area contributed by atoms with Crippen LogP contribution in [0.15, 0.2) is 0 Å². The zero-order valence-electron chi connectivity index (χ0n) is 26.9. The van der Waals surface area contributed by atoms with E-state index in [-0.39, 0.29) is 54.2 Å². The Bertz CT molecular complexity index is 1060. The van der Waals surface area contributed by atoms with Crippen LogP contribution >= 0.6 is 7.14 Å². The number of rotatable bonds is 11. The monoisotopic (exact) mass is 668 g/mol. The van der Waals surface area contributed by atoms with E-state index in [4.69, 9.17) is 9.47 Å². The summed E-state index contributed by atoms with van der Waals surface area (Å²) in [5, 5.41) is 38.1. The standard InChI is InChI=1S/C34H53O11P/c35-31(36)27-16-10-22(18-29(27)33(39)40)44-20-6-12-25(13-7-20)46(43,24-4-2-1-3-5-24)26-14-8-21(9-15-26)45-23-11-17-28(32(37)38)30(19-23)34(41)42/h20-30H,1-19H2,(H,35,36)(H,37,38)(H,39,40)(H,41,42). The van der Waals surface area contributed by atoms with Gasteiger partial charge in [-0.15, -0.1) is 0 Å². The summed E-state index contributed by atoms with van der Waals surface area (Å²) in [7, 11) is -2.57. The molecule has 11 nitrogen and oxygen atoms in total. The van der Waals surface area contributed by atoms with Crippen LogP contribution in [-0.2, 0) is 33.2 Å². The Morgan fingerprint density at radius 3 is 1.09 bits per heavy atom. The topological polar surface area (TPSA) is 185 Å². The molecule has 6 unspecified atom stereocenters. The minimum atomic E-state index is -2.57. The van der Waals surface area contributed by atoms with Crippen molar-refractivity contribution in [1.82, 2.24) is 0 Å². The van der Waals surface area contributed by atoms with Gasteiger partial charge >= 0.3 is 23.9 Å². The van der Waals surface area contributed by atoms with Crippen molar-refractivity contribution in [2.24, 2.45) is 23.7 Å². The highest BCUT2D eigenvalue weighted by Gasteiger charge is 2.49. The first-order valence-electron chi connectivity index (χ1n) is 17.8. The van der Waals surface area contributed by atoms with Crippen LogP contribution in [0.3, 0.4) is 0 Å². The Kier molecular flexibility index (Phi) is 11.9. The molecule has 260 valence electrons. The molecule has 12 heteroatoms. The zero-order chi connectivity index (χ0) is 33.0. The van der Waals surface area contributed by atoms with Crippen molar-refractivity contribution in [3.05, 3.63) is 0 Å². The Morgan fingerprint density at radius 1 is 0.413 bits per heavy atom. The fourth-order valence-electron chi connectivity index (χ4n) is 9.74. The molecule has 5 aliphatic carbocycles. The predicted molar refractivity (Wildman–Crippen MR) is 169 cm³/mol. The number of ether oxygens (including phenoxy) is 2. The van der Waals surface area contributed by atoms with Crippen LogP contribution < -0.4 is 0 Å². The normalized spacial score (nSPS) is 39.1. The Hall–Kier alpha value is -1.97. The smallest absolute Gasteiger partial charge is 0.307 e. The molecule has 46 heavy (non-hydrogen) atoms. The van der Waals surface area contributed by atoms with Crippen LogP contribution in [0.1, 0.15) is 122 Å². The molecule has 0 bridgehead atoms. The average Bonchev–Trinajstić information content (AvgIpc) is 3.05. The molecule has 0 heterocycles. The molecule has 0 aromatic rings. The second-order valence-electron chi connectivity index (χ2n) is 14.8. The largest absolute Gasteiger partial charge is 0.481 e. The third-order valence-corrected chi connectivity index (χ3v) is 17.2. The molecule has 0 saturated heterocycles. The van der Waals surface area contributed by atoms with E-state index < -0.39 is 54.7 Å². The zero-order valence-corrected chi connectivity index (χ0v) is 27.8. The lowest BCUT2D eigenvalue weighted by atomic mass is 9.77. The quantitative estimate of drug-likeness (QED) is 0.183. The van der Waals surface area contributed by atoms with Gasteiger partial charge in [0.25, 0.3) is 0 Å². The maximum absolute atomic E-state index is 15.4. The first kappa shape index (κ1) is 35.3. The molecule has 0 amide bonds. The second kappa shape index (κ2) is 15.5. The highest BCUT2D eigenvalue weighted by Crippen LogP contribution is 2.68. The van der Waals surface area contributed by atoms with E-state index in [0.717, 1.165) is 77.0 Å². The lowest BCUT2D eigenvalue weighted by Gasteiger charge is -2.46. The molecular weight excluding hydrogens is 615 g/mol. The van der Waals surface area contributed by atoms with E-state index in [0.29, 0.717) is 25.7 Å². The number of carboxylic acid groups (broad SMARTS) is 4. The van der Waals surface area contributed by atoms with E-state index in [9.17, 15) is 39.6 Å². The van der Waals surface area contributed by atoms with Gasteiger partial charge in [0.15, 0.2) is 0 Å². The van der Waals surface area contributed by atoms with Crippen LogP contribution in [-0.4, -0.2) is 85.7 Å². The number of carboxylic acids is 4. The molecule has 4 N–H and O–H groups in total. The lowest BCUT2D eigenvalue weighted by Crippen LogP contribution is -2.41. The highest BCUT2D eigenvalue weighted by atomic mass is 31.2. The van der Waals surface area contributed by atoms with E-state index >= 15 is 4.57 Å². The molecule has 0 aromatic heterocycles. The van der Waals surface area contributed by atoms with Gasteiger partial charge in [-0.05, 0) is 103 Å².